The van der Waals surface area contributed by atoms with Gasteiger partial charge in [-0.3, -0.25) is 23.9 Å². The molecule has 29 nitrogen and oxygen atoms in total. The van der Waals surface area contributed by atoms with E-state index in [-0.39, 0.29) is 224 Å². The molecule has 14 aromatic heterocycles. The van der Waals surface area contributed by atoms with E-state index in [9.17, 15) is 58.8 Å². The molecule has 24 rings (SSSR count). The monoisotopic (exact) mass is 2060 g/mol. The van der Waals surface area contributed by atoms with Crippen molar-refractivity contribution in [2.24, 2.45) is 7.05 Å². The highest BCUT2D eigenvalue weighted by molar-refractivity contribution is 9.10. The number of nitrogens with zero attached hydrogens (tertiary/aromatic N) is 11. The number of methoxy groups -OCH3 is 1. The first kappa shape index (κ1) is 93.5. The van der Waals surface area contributed by atoms with Gasteiger partial charge in [0, 0.05) is 128 Å². The van der Waals surface area contributed by atoms with Crippen LogP contribution in [0.3, 0.4) is 0 Å². The van der Waals surface area contributed by atoms with Crippen LogP contribution in [0.1, 0.15) is 138 Å². The number of aromatic carboxylic acids is 4. The molecule has 0 aliphatic heterocycles. The fraction of sp³-hybridized carbons (Fsp3) is 0.131. The zero-order valence-corrected chi connectivity index (χ0v) is 79.7. The molecule has 4 aliphatic rings. The van der Waals surface area contributed by atoms with Crippen molar-refractivity contribution < 1.29 is 103 Å². The molecule has 14 heterocycles. The van der Waals surface area contributed by atoms with E-state index in [4.69, 9.17) is 61.6 Å². The fourth-order valence-electron chi connectivity index (χ4n) is 19.5. The third-order valence-corrected chi connectivity index (χ3v) is 27.4. The van der Waals surface area contributed by atoms with Gasteiger partial charge in [-0.1, -0.05) is 120 Å². The molecule has 0 saturated carbocycles. The minimum absolute atomic E-state index is 0.0161. The lowest BCUT2D eigenvalue weighted by Crippen LogP contribution is -2.14. The molecule has 37 heteroatoms. The van der Waals surface area contributed by atoms with E-state index in [2.05, 4.69) is 41.1 Å². The van der Waals surface area contributed by atoms with Gasteiger partial charge >= 0.3 is 23.9 Å². The van der Waals surface area contributed by atoms with Crippen LogP contribution in [0.15, 0.2) is 240 Å². The van der Waals surface area contributed by atoms with E-state index in [0.717, 1.165) is 31.7 Å². The summed E-state index contributed by atoms with van der Waals surface area (Å²) in [5.41, 5.74) is 7.63. The number of carbonyl (C=O) groups is 8. The van der Waals surface area contributed by atoms with E-state index >= 15 is 17.6 Å². The number of benzene rings is 6. The van der Waals surface area contributed by atoms with Gasteiger partial charge in [0.15, 0.2) is 34.4 Å². The van der Waals surface area contributed by atoms with Crippen LogP contribution in [0, 0.1) is 30.2 Å². The number of aryl methyl sites for hydroxylation is 2. The molecule has 718 valence electrons. The van der Waals surface area contributed by atoms with Crippen LogP contribution >= 0.6 is 50.7 Å². The fourth-order valence-corrected chi connectivity index (χ4v) is 20.5. The normalized spacial score (nSPS) is 13.8. The van der Waals surface area contributed by atoms with Gasteiger partial charge in [-0.05, 0) is 128 Å². The van der Waals surface area contributed by atoms with Gasteiger partial charge in [0.05, 0.1) is 145 Å². The van der Waals surface area contributed by atoms with Crippen molar-refractivity contribution in [2.75, 3.05) is 7.11 Å². The average molecular weight is 2060 g/mol. The third-order valence-electron chi connectivity index (χ3n) is 25.8. The minimum atomic E-state index is -1.27. The molecule has 20 aromatic rings. The molecule has 0 radical (unpaired) electrons. The predicted molar refractivity (Wildman–Crippen MR) is 536 cm³/mol. The number of ketones is 4. The van der Waals surface area contributed by atoms with Crippen molar-refractivity contribution >= 4 is 251 Å². The first-order valence-electron chi connectivity index (χ1n) is 44.6. The lowest BCUT2D eigenvalue weighted by molar-refractivity contribution is -0.113. The Bertz CT molecular complexity index is 9390. The number of Topliss-reactive ketones (excluding diaryl/α,β-unsaturated/α-hetero) is 4. The molecular formula is C107H71BrCl3F4N11O18. The van der Waals surface area contributed by atoms with Crippen LogP contribution in [0.5, 0.6) is 5.75 Å². The lowest BCUT2D eigenvalue weighted by Gasteiger charge is -2.13. The second-order valence-electron chi connectivity index (χ2n) is 34.6. The molecule has 0 spiro atoms. The van der Waals surface area contributed by atoms with Gasteiger partial charge < -0.3 is 65.5 Å². The summed E-state index contributed by atoms with van der Waals surface area (Å²) in [6.45, 7) is 5.71. The number of aromatic nitrogens is 11. The number of furan rings is 5. The Morgan fingerprint density at radius 2 is 0.826 bits per heavy atom. The first-order chi connectivity index (χ1) is 69.3. The maximum atomic E-state index is 15.1. The van der Waals surface area contributed by atoms with Gasteiger partial charge in [0.1, 0.15) is 101 Å². The first-order valence-corrected chi connectivity index (χ1v) is 46.5. The summed E-state index contributed by atoms with van der Waals surface area (Å²) in [4.78, 5) is 116. The Hall–Kier alpha value is -16.8. The number of allylic oxidation sites excluding steroid dienone is 16. The van der Waals surface area contributed by atoms with Crippen molar-refractivity contribution in [3.05, 3.63) is 330 Å². The van der Waals surface area contributed by atoms with E-state index in [0.29, 0.717) is 77.7 Å². The van der Waals surface area contributed by atoms with E-state index in [1.807, 2.05) is 51.1 Å². The van der Waals surface area contributed by atoms with Crippen molar-refractivity contribution in [1.29, 1.82) is 0 Å². The highest BCUT2D eigenvalue weighted by Gasteiger charge is 2.38. The van der Waals surface area contributed by atoms with Crippen LogP contribution in [0.2, 0.25) is 15.5 Å². The maximum Gasteiger partial charge on any atom is 0.353 e. The standard InChI is InChI=1S/C28H18ClFN2O5.C27H20ClFN4O4.C26H15BrFNO5.C26H18ClFN4O4/c1-36-16-7-6-14-10-15(27(29)31-20(14)11-16)13-32-21-12-19(30)17-8-9-37-26(17)24(21)23(25(32)28(34)35)18-4-2-3-5-22(18)33;1-13(2)33-26-14(11-30-33)9-15(25(28)31-26)12-32-19-10-18(29)16-7-8-37-24(16)22(19)21(23(32)27(35)36)17-5-3-4-6-20(17)34;27-17-6-3-4-13-10-14(34-24(13)17)12-29-19-11-18(28)15-8-9-33-25(15)22(19)21(23(29)26(31)32)16-5-1-2-7-20(16)30;1-12-16-9-13(24(27)29-25(16)31(2)30-12)11-32-18-10-17(28)14-7-8-36-23(14)21(18)20(22(32)26(34)35)15-5-3-4-6-19(15)33/h2-4,6-12H,5,13H2,1H3,(H,34,35);3-5,7-11,13H,6,12H2,1-2H3,(H,35,36);1-6,8-11H,7,12H2,(H,31,32);3-5,7-10H,6,11H2,1-2H3,(H,34,35). The molecule has 6 aromatic carbocycles. The Labute approximate surface area is 830 Å². The molecule has 0 amide bonds. The van der Waals surface area contributed by atoms with Crippen molar-refractivity contribution in [3.63, 3.8) is 0 Å². The smallest absolute Gasteiger partial charge is 0.353 e. The summed E-state index contributed by atoms with van der Waals surface area (Å²) in [6, 6.07) is 29.2. The Morgan fingerprint density at radius 1 is 0.451 bits per heavy atom. The molecule has 0 unspecified atom stereocenters. The van der Waals surface area contributed by atoms with Crippen molar-refractivity contribution in [3.8, 4) is 5.75 Å². The van der Waals surface area contributed by atoms with Crippen molar-refractivity contribution in [1.82, 2.24) is 52.8 Å². The van der Waals surface area contributed by atoms with E-state index < -0.39 is 47.1 Å². The Kier molecular flexibility index (Phi) is 23.8. The number of fused-ring (bicyclic) bond motifs is 16. The van der Waals surface area contributed by atoms with E-state index in [1.165, 1.54) is 91.9 Å². The van der Waals surface area contributed by atoms with Gasteiger partial charge in [-0.15, -0.1) is 0 Å². The van der Waals surface area contributed by atoms with Crippen LogP contribution in [-0.4, -0.2) is 127 Å². The van der Waals surface area contributed by atoms with Crippen LogP contribution < -0.4 is 4.74 Å². The Morgan fingerprint density at radius 3 is 1.20 bits per heavy atom. The number of carbonyl (C=O) groups excluding carboxylic acids is 4. The van der Waals surface area contributed by atoms with Crippen LogP contribution in [-0.2, 0) is 52.4 Å². The van der Waals surface area contributed by atoms with Crippen LogP contribution in [0.4, 0.5) is 17.6 Å². The SMILES string of the molecule is CC(C)n1ncc2cc(Cn3c(C(=O)O)c(C4=CC=CCC4=O)c4c5occc5c(F)cc43)c(Cl)nc21.COc1ccc2cc(Cn3c(C(=O)O)c(C4=CC=CCC4=O)c4c5occc5c(F)cc43)c(Cl)nc2c1.Cc1nn(C)c2nc(Cl)c(Cn3c(C(=O)O)c(C4=CC=CCC4=O)c4c5occc5c(F)cc43)cc12.O=C1CC=CC=C1c1c(C(=O)O)n(Cc2cc3cccc(Br)c3o2)c2cc(F)c3ccoc3c12. The van der Waals surface area contributed by atoms with Crippen LogP contribution in [0.25, 0.3) is 154 Å². The number of hydrogen-bond donors (Lipinski definition) is 4. The molecule has 4 aliphatic carbocycles. The summed E-state index contributed by atoms with van der Waals surface area (Å²) < 4.78 is 104. The molecule has 4 N–H and O–H groups in total. The number of pyridine rings is 3. The molecule has 0 saturated heterocycles. The topological polar surface area (TPSA) is 386 Å². The van der Waals surface area contributed by atoms with Gasteiger partial charge in [0.2, 0.25) is 0 Å². The molecule has 0 bridgehead atoms. The zero-order valence-electron chi connectivity index (χ0n) is 75.9. The summed E-state index contributed by atoms with van der Waals surface area (Å²) in [5, 5.41) is 56.0. The highest BCUT2D eigenvalue weighted by Crippen LogP contribution is 2.48. The molecule has 0 fully saturated rings. The zero-order chi connectivity index (χ0) is 101. The minimum Gasteiger partial charge on any atom is -0.497 e. The quantitative estimate of drug-likeness (QED) is 0.0458. The van der Waals surface area contributed by atoms with Gasteiger partial charge in [-0.2, -0.15) is 10.2 Å². The average Bonchev–Trinajstić information content (AvgIpc) is 1.57. The number of carboxylic acid groups (broad SMARTS) is 4. The second kappa shape index (κ2) is 36.7. The largest absolute Gasteiger partial charge is 0.497 e. The predicted octanol–water partition coefficient (Wildman–Crippen LogP) is 24.7. The molecule has 0 atom stereocenters. The summed E-state index contributed by atoms with van der Waals surface area (Å²) >= 11 is 23.1. The number of hydrogen-bond acceptors (Lipinski definition) is 19. The number of carboxylic acids is 4. The third kappa shape index (κ3) is 15.8. The number of ether oxygens (including phenoxy) is 1. The number of halogens is 8. The van der Waals surface area contributed by atoms with Gasteiger partial charge in [-0.25, -0.2) is 56.4 Å². The Balaban J connectivity index is 0.000000113. The number of rotatable bonds is 18. The summed E-state index contributed by atoms with van der Waals surface area (Å²) in [7, 11) is 3.31. The second-order valence-corrected chi connectivity index (χ2v) is 36.5. The summed E-state index contributed by atoms with van der Waals surface area (Å²) in [6.07, 6.45) is 27.5. The van der Waals surface area contributed by atoms with Gasteiger partial charge in [0.25, 0.3) is 0 Å². The highest BCUT2D eigenvalue weighted by atomic mass is 79.9. The maximum absolute atomic E-state index is 15.1. The lowest BCUT2D eigenvalue weighted by atomic mass is 9.93. The van der Waals surface area contributed by atoms with Crippen molar-refractivity contribution in [2.45, 2.75) is 78.7 Å². The molecular weight excluding hydrogens is 1990 g/mol. The summed E-state index contributed by atoms with van der Waals surface area (Å²) in [5.74, 6) is -7.16. The van der Waals surface area contributed by atoms with E-state index in [1.54, 1.807) is 133 Å². The number of para-hydroxylation sites is 1. The molecule has 144 heavy (non-hydrogen) atoms.